The van der Waals surface area contributed by atoms with Gasteiger partial charge in [-0.2, -0.15) is 0 Å². The van der Waals surface area contributed by atoms with Crippen LogP contribution in [0, 0.1) is 0 Å². The van der Waals surface area contributed by atoms with Crippen molar-refractivity contribution in [2.75, 3.05) is 6.54 Å². The minimum Gasteiger partial charge on any atom is -0.480 e. The van der Waals surface area contributed by atoms with Gasteiger partial charge < -0.3 is 20.7 Å². The number of carbonyl (C=O) groups excluding carboxylic acids is 1. The molecular formula is C11H15N7O3. The van der Waals surface area contributed by atoms with Crippen LogP contribution in [0.1, 0.15) is 16.2 Å². The molecule has 21 heavy (non-hydrogen) atoms. The molecule has 0 saturated heterocycles. The van der Waals surface area contributed by atoms with Gasteiger partial charge in [-0.15, -0.1) is 5.10 Å². The summed E-state index contributed by atoms with van der Waals surface area (Å²) in [6, 6.07) is 0. The van der Waals surface area contributed by atoms with Gasteiger partial charge in [-0.3, -0.25) is 9.59 Å². The lowest BCUT2D eigenvalue weighted by Gasteiger charge is -1.99. The first-order chi connectivity index (χ1) is 10.1. The number of carboxylic acids is 1. The monoisotopic (exact) mass is 293 g/mol. The SMILES string of the molecule is NCCn1cnc(C(=O)NCc2cn(CC(=O)O)nn2)c1. The first-order valence-corrected chi connectivity index (χ1v) is 6.19. The number of carboxylic acid groups (broad SMARTS) is 1. The highest BCUT2D eigenvalue weighted by Gasteiger charge is 2.10. The molecule has 0 unspecified atom stereocenters. The second kappa shape index (κ2) is 6.61. The van der Waals surface area contributed by atoms with Crippen LogP contribution in [0.15, 0.2) is 18.7 Å². The van der Waals surface area contributed by atoms with E-state index in [1.807, 2.05) is 0 Å². The molecule has 0 fully saturated rings. The van der Waals surface area contributed by atoms with E-state index < -0.39 is 5.97 Å². The van der Waals surface area contributed by atoms with Crippen molar-refractivity contribution >= 4 is 11.9 Å². The molecule has 10 heteroatoms. The van der Waals surface area contributed by atoms with Gasteiger partial charge in [-0.1, -0.05) is 5.21 Å². The van der Waals surface area contributed by atoms with Crippen LogP contribution in [0.5, 0.6) is 0 Å². The smallest absolute Gasteiger partial charge is 0.325 e. The van der Waals surface area contributed by atoms with E-state index in [4.69, 9.17) is 10.8 Å². The molecule has 2 aromatic rings. The summed E-state index contributed by atoms with van der Waals surface area (Å²) >= 11 is 0. The lowest BCUT2D eigenvalue weighted by atomic mass is 10.4. The Kier molecular flexibility index (Phi) is 4.61. The van der Waals surface area contributed by atoms with Crippen molar-refractivity contribution in [1.82, 2.24) is 29.9 Å². The van der Waals surface area contributed by atoms with E-state index in [0.717, 1.165) is 0 Å². The highest BCUT2D eigenvalue weighted by Crippen LogP contribution is 1.98. The largest absolute Gasteiger partial charge is 0.480 e. The van der Waals surface area contributed by atoms with Gasteiger partial charge in [0.25, 0.3) is 5.91 Å². The summed E-state index contributed by atoms with van der Waals surface area (Å²) in [6.45, 7) is 0.917. The average Bonchev–Trinajstić information content (AvgIpc) is 3.05. The Hall–Kier alpha value is -2.75. The van der Waals surface area contributed by atoms with Crippen LogP contribution < -0.4 is 11.1 Å². The zero-order chi connectivity index (χ0) is 15.2. The number of nitrogens with one attached hydrogen (secondary N) is 1. The van der Waals surface area contributed by atoms with E-state index in [0.29, 0.717) is 18.8 Å². The molecule has 0 bridgehead atoms. The highest BCUT2D eigenvalue weighted by atomic mass is 16.4. The predicted molar refractivity (Wildman–Crippen MR) is 70.1 cm³/mol. The summed E-state index contributed by atoms with van der Waals surface area (Å²) in [4.78, 5) is 26.3. The highest BCUT2D eigenvalue weighted by molar-refractivity contribution is 5.91. The first-order valence-electron chi connectivity index (χ1n) is 6.19. The summed E-state index contributed by atoms with van der Waals surface area (Å²) < 4.78 is 2.90. The molecule has 0 aliphatic rings. The van der Waals surface area contributed by atoms with Crippen molar-refractivity contribution in [2.24, 2.45) is 5.73 Å². The van der Waals surface area contributed by atoms with Gasteiger partial charge in [0.15, 0.2) is 0 Å². The maximum atomic E-state index is 11.9. The zero-order valence-electron chi connectivity index (χ0n) is 11.1. The molecule has 10 nitrogen and oxygen atoms in total. The normalized spacial score (nSPS) is 10.5. The minimum atomic E-state index is -1.01. The van der Waals surface area contributed by atoms with Crippen LogP contribution >= 0.6 is 0 Å². The predicted octanol–water partition coefficient (Wildman–Crippen LogP) is -1.55. The van der Waals surface area contributed by atoms with Gasteiger partial charge in [0.2, 0.25) is 0 Å². The van der Waals surface area contributed by atoms with E-state index in [2.05, 4.69) is 20.6 Å². The molecule has 0 spiro atoms. The topological polar surface area (TPSA) is 141 Å². The number of aliphatic carboxylic acids is 1. The van der Waals surface area contributed by atoms with Crippen molar-refractivity contribution in [3.05, 3.63) is 30.1 Å². The second-order valence-electron chi connectivity index (χ2n) is 4.27. The summed E-state index contributed by atoms with van der Waals surface area (Å²) in [5.41, 5.74) is 6.15. The third kappa shape index (κ3) is 4.11. The summed E-state index contributed by atoms with van der Waals surface area (Å²) in [5.74, 6) is -1.36. The molecular weight excluding hydrogens is 278 g/mol. The number of nitrogens with two attached hydrogens (primary N) is 1. The van der Waals surface area contributed by atoms with Crippen LogP contribution in [-0.2, 0) is 24.4 Å². The number of hydrogen-bond donors (Lipinski definition) is 3. The molecule has 2 rings (SSSR count). The number of rotatable bonds is 7. The number of aromatic nitrogens is 5. The standard InChI is InChI=1S/C11H15N7O3/c12-1-2-17-5-9(14-7-17)11(21)13-3-8-4-18(16-15-8)6-10(19)20/h4-5,7H,1-3,6,12H2,(H,13,21)(H,19,20). The summed E-state index contributed by atoms with van der Waals surface area (Å²) in [5, 5.41) is 18.6. The number of nitrogens with zero attached hydrogens (tertiary/aromatic N) is 5. The zero-order valence-corrected chi connectivity index (χ0v) is 11.1. The molecule has 1 amide bonds. The van der Waals surface area contributed by atoms with E-state index in [-0.39, 0.29) is 24.7 Å². The summed E-state index contributed by atoms with van der Waals surface area (Å²) in [7, 11) is 0. The van der Waals surface area contributed by atoms with Gasteiger partial charge in [-0.05, 0) is 0 Å². The Bertz CT molecular complexity index is 633. The quantitative estimate of drug-likeness (QED) is 0.561. The van der Waals surface area contributed by atoms with Gasteiger partial charge >= 0.3 is 5.97 Å². The van der Waals surface area contributed by atoms with Crippen LogP contribution in [0.25, 0.3) is 0 Å². The third-order valence-corrected chi connectivity index (χ3v) is 2.57. The maximum absolute atomic E-state index is 11.9. The fraction of sp³-hybridized carbons (Fsp3) is 0.364. The van der Waals surface area contributed by atoms with Crippen LogP contribution in [0.4, 0.5) is 0 Å². The fourth-order valence-electron chi connectivity index (χ4n) is 1.65. The molecule has 0 aromatic carbocycles. The van der Waals surface area contributed by atoms with Crippen molar-refractivity contribution in [2.45, 2.75) is 19.6 Å². The number of imidazole rings is 1. The molecule has 0 aliphatic carbocycles. The molecule has 4 N–H and O–H groups in total. The Morgan fingerprint density at radius 2 is 2.19 bits per heavy atom. The van der Waals surface area contributed by atoms with E-state index in [1.54, 1.807) is 10.8 Å². The molecule has 112 valence electrons. The van der Waals surface area contributed by atoms with Crippen LogP contribution in [0.2, 0.25) is 0 Å². The van der Waals surface area contributed by atoms with Gasteiger partial charge in [-0.25, -0.2) is 9.67 Å². The van der Waals surface area contributed by atoms with Gasteiger partial charge in [0.05, 0.1) is 19.1 Å². The Morgan fingerprint density at radius 3 is 2.90 bits per heavy atom. The van der Waals surface area contributed by atoms with Crippen molar-refractivity contribution in [1.29, 1.82) is 0 Å². The maximum Gasteiger partial charge on any atom is 0.325 e. The van der Waals surface area contributed by atoms with Gasteiger partial charge in [0, 0.05) is 19.3 Å². The lowest BCUT2D eigenvalue weighted by molar-refractivity contribution is -0.137. The summed E-state index contributed by atoms with van der Waals surface area (Å²) in [6.07, 6.45) is 4.59. The first kappa shape index (κ1) is 14.7. The number of hydrogen-bond acceptors (Lipinski definition) is 6. The average molecular weight is 293 g/mol. The Labute approximate surface area is 119 Å². The van der Waals surface area contributed by atoms with Crippen molar-refractivity contribution in [3.63, 3.8) is 0 Å². The molecule has 2 aromatic heterocycles. The Balaban J connectivity index is 1.88. The minimum absolute atomic E-state index is 0.141. The van der Waals surface area contributed by atoms with Crippen molar-refractivity contribution < 1.29 is 14.7 Å². The fourth-order valence-corrected chi connectivity index (χ4v) is 1.65. The molecule has 2 heterocycles. The molecule has 0 aliphatic heterocycles. The second-order valence-corrected chi connectivity index (χ2v) is 4.27. The molecule has 0 saturated carbocycles. The van der Waals surface area contributed by atoms with E-state index in [1.165, 1.54) is 17.2 Å². The third-order valence-electron chi connectivity index (χ3n) is 2.57. The van der Waals surface area contributed by atoms with E-state index in [9.17, 15) is 9.59 Å². The lowest BCUT2D eigenvalue weighted by Crippen LogP contribution is -2.23. The van der Waals surface area contributed by atoms with Gasteiger partial charge in [0.1, 0.15) is 17.9 Å². The number of carbonyl (C=O) groups is 2. The number of amides is 1. The molecule has 0 atom stereocenters. The van der Waals surface area contributed by atoms with Crippen LogP contribution in [-0.4, -0.2) is 48.1 Å². The van der Waals surface area contributed by atoms with E-state index >= 15 is 0 Å². The Morgan fingerprint density at radius 1 is 1.38 bits per heavy atom. The van der Waals surface area contributed by atoms with Crippen molar-refractivity contribution in [3.8, 4) is 0 Å². The molecule has 0 radical (unpaired) electrons. The van der Waals surface area contributed by atoms with Crippen LogP contribution in [0.3, 0.4) is 0 Å².